The van der Waals surface area contributed by atoms with Gasteiger partial charge in [0.15, 0.2) is 30.6 Å². The summed E-state index contributed by atoms with van der Waals surface area (Å²) in [6, 6.07) is 0. The molecule has 22 nitrogen and oxygen atoms in total. The van der Waals surface area contributed by atoms with Gasteiger partial charge in [-0.25, -0.2) is 9.59 Å². The largest absolute Gasteiger partial charge is 0.481 e. The molecule has 7 aliphatic rings. The van der Waals surface area contributed by atoms with Crippen LogP contribution in [0.15, 0.2) is 11.6 Å². The number of carboxylic acids is 3. The number of aliphatic carboxylic acids is 3. The number of hydrogen-bond acceptors (Lipinski definition) is 14. The second-order valence-corrected chi connectivity index (χ2v) is 20.6. The van der Waals surface area contributed by atoms with Crippen molar-refractivity contribution in [3.63, 3.8) is 0 Å². The molecule has 6 fully saturated rings. The van der Waals surface area contributed by atoms with Gasteiger partial charge in [-0.15, -0.1) is 0 Å². The van der Waals surface area contributed by atoms with Crippen molar-refractivity contribution in [2.75, 3.05) is 0 Å². The van der Waals surface area contributed by atoms with Crippen molar-refractivity contribution >= 4 is 23.7 Å². The first-order valence-corrected chi connectivity index (χ1v) is 20.7. The predicted molar refractivity (Wildman–Crippen MR) is 223 cm³/mol. The van der Waals surface area contributed by atoms with Gasteiger partial charge >= 0.3 is 17.9 Å². The summed E-state index contributed by atoms with van der Waals surface area (Å²) in [4.78, 5) is 51.3. The number of aliphatic hydroxyl groups excluding tert-OH is 5. The second-order valence-electron chi connectivity index (χ2n) is 20.6. The Hall–Kier alpha value is -2.78. The summed E-state index contributed by atoms with van der Waals surface area (Å²) in [6.45, 7) is 14.8. The molecule has 5 aliphatic carbocycles. The Bertz CT molecular complexity index is 1750. The molecule has 2 aliphatic heterocycles. The van der Waals surface area contributed by atoms with E-state index in [-0.39, 0.29) is 67.9 Å². The normalized spacial score (nSPS) is 47.6. The fourth-order valence-electron chi connectivity index (χ4n) is 13.4. The van der Waals surface area contributed by atoms with Crippen LogP contribution < -0.4 is 6.15 Å². The summed E-state index contributed by atoms with van der Waals surface area (Å²) >= 11 is 0. The van der Waals surface area contributed by atoms with Crippen molar-refractivity contribution in [1.82, 2.24) is 6.15 Å². The Kier molecular flexibility index (Phi) is 18.0. The molecular weight excluding hydrogens is 854 g/mol. The molecule has 64 heavy (non-hydrogen) atoms. The van der Waals surface area contributed by atoms with Crippen LogP contribution in [-0.2, 0) is 38.1 Å². The number of ether oxygens (including phenoxy) is 4. The first-order chi connectivity index (χ1) is 26.8. The minimum absolute atomic E-state index is 0. The molecule has 0 unspecified atom stereocenters. The molecule has 0 radical (unpaired) electrons. The highest BCUT2D eigenvalue weighted by atomic mass is 16.8. The first kappa shape index (κ1) is 59.2. The minimum Gasteiger partial charge on any atom is -0.481 e. The number of fused-ring (bicyclic) bond motifs is 7. The van der Waals surface area contributed by atoms with Crippen LogP contribution in [-0.4, -0.2) is 159 Å². The average molecular weight is 930 g/mol. The molecule has 0 aromatic heterocycles. The second kappa shape index (κ2) is 19.4. The number of ketones is 1. The maximum absolute atomic E-state index is 14.8. The smallest absolute Gasteiger partial charge is 0.335 e. The molecule has 0 aromatic carbocycles. The number of allylic oxidation sites excluding steroid dienone is 2. The molecule has 0 spiro atoms. The lowest BCUT2D eigenvalue weighted by atomic mass is 9.33. The fraction of sp³-hybridized carbons (Fsp3) is 0.857. The SMILES string of the molecule is CC1(C)[C@@H](O[C@H]2O[C@H](C(=O)O)[C@@H](O)[C@H](O)[C@H]2O[C@@H]2O[C@H](C(=O)O)[C@@H](O)[C@H](O)[C@H]2O)CC[C@]2(C)[C@H]3C(=O)C=C4[C@@H]5C[C@@](C)(C(=O)O)CC[C@]5(C)CC[C@@]4(C)[C@]3(C)CC[C@@H]12.N.O.O.O.O.O. The minimum atomic E-state index is -2.05. The van der Waals surface area contributed by atoms with Crippen LogP contribution in [0.3, 0.4) is 0 Å². The number of hydrogen-bond donors (Lipinski definition) is 9. The Morgan fingerprint density at radius 2 is 1.19 bits per heavy atom. The van der Waals surface area contributed by atoms with Crippen LogP contribution in [0, 0.1) is 50.2 Å². The van der Waals surface area contributed by atoms with Crippen LogP contribution in [0.25, 0.3) is 0 Å². The van der Waals surface area contributed by atoms with Gasteiger partial charge in [0.2, 0.25) is 0 Å². The van der Waals surface area contributed by atoms with E-state index in [0.717, 1.165) is 37.7 Å². The Balaban J connectivity index is 0.00000341. The van der Waals surface area contributed by atoms with Crippen molar-refractivity contribution < 1.29 is 106 Å². The summed E-state index contributed by atoms with van der Waals surface area (Å²) in [5.74, 6) is -4.47. The molecule has 7 rings (SSSR count). The van der Waals surface area contributed by atoms with Gasteiger partial charge < -0.3 is 93.3 Å². The predicted octanol–water partition coefficient (Wildman–Crippen LogP) is -1.72. The van der Waals surface area contributed by atoms with Gasteiger partial charge in [0.1, 0.15) is 36.6 Å². The van der Waals surface area contributed by atoms with Crippen LogP contribution in [0.1, 0.15) is 106 Å². The highest BCUT2D eigenvalue weighted by Gasteiger charge is 2.71. The molecule has 0 aromatic rings. The lowest BCUT2D eigenvalue weighted by Gasteiger charge is -2.70. The van der Waals surface area contributed by atoms with E-state index in [1.165, 1.54) is 0 Å². The van der Waals surface area contributed by atoms with E-state index in [2.05, 4.69) is 27.7 Å². The molecule has 0 bridgehead atoms. The van der Waals surface area contributed by atoms with E-state index in [0.29, 0.717) is 25.7 Å². The summed E-state index contributed by atoms with van der Waals surface area (Å²) in [5, 5.41) is 83.0. The third-order valence-corrected chi connectivity index (χ3v) is 17.2. The summed E-state index contributed by atoms with van der Waals surface area (Å²) in [5.41, 5.74) is -1.81. The maximum Gasteiger partial charge on any atom is 0.335 e. The molecule has 2 saturated heterocycles. The fourth-order valence-corrected chi connectivity index (χ4v) is 13.4. The first-order valence-electron chi connectivity index (χ1n) is 20.7. The molecule has 19 atom stereocenters. The molecule has 2 heterocycles. The van der Waals surface area contributed by atoms with E-state index in [1.807, 2.05) is 26.8 Å². The van der Waals surface area contributed by atoms with Crippen LogP contribution in [0.4, 0.5) is 0 Å². The van der Waals surface area contributed by atoms with Gasteiger partial charge in [-0.2, -0.15) is 0 Å². The van der Waals surface area contributed by atoms with E-state index >= 15 is 0 Å². The molecule has 374 valence electrons. The quantitative estimate of drug-likeness (QED) is 0.128. The van der Waals surface area contributed by atoms with E-state index in [9.17, 15) is 60.0 Å². The molecule has 4 saturated carbocycles. The number of rotatable bonds is 7. The lowest BCUT2D eigenvalue weighted by Crippen LogP contribution is -2.68. The lowest BCUT2D eigenvalue weighted by molar-refractivity contribution is -0.371. The van der Waals surface area contributed by atoms with Crippen molar-refractivity contribution in [3.8, 4) is 0 Å². The van der Waals surface area contributed by atoms with Crippen molar-refractivity contribution in [3.05, 3.63) is 11.6 Å². The number of aliphatic hydroxyl groups is 5. The average Bonchev–Trinajstić information content (AvgIpc) is 3.13. The monoisotopic (exact) mass is 929 g/mol. The van der Waals surface area contributed by atoms with Crippen molar-refractivity contribution in [1.29, 1.82) is 0 Å². The summed E-state index contributed by atoms with van der Waals surface area (Å²) < 4.78 is 23.4. The van der Waals surface area contributed by atoms with Crippen LogP contribution >= 0.6 is 0 Å². The Labute approximate surface area is 371 Å². The summed E-state index contributed by atoms with van der Waals surface area (Å²) in [6.07, 6.45) is -12.2. The molecule has 22 heteroatoms. The zero-order chi connectivity index (χ0) is 42.9. The standard InChI is InChI=1S/C42H62O16.H3N.5H2O/c1-37(2)21-8-11-42(7)31(20(43)16-18-19-17-39(4,36(53)54)13-12-38(19,3)14-15-41(18,42)6)40(21,5)10-9-22(37)55-35-30(26(47)25(46)29(57-35)33(51)52)58-34-27(48)23(44)24(45)28(56-34)32(49)50;;;;;;/h16,19,21-31,34-35,44-48H,8-15,17H2,1-7H3,(H,49,50)(H,51,52)(H,53,54);1H3;5*1H2/t19-,21-,22-,23-,24-,25-,26-,27+,28-,29-,30+,31+,34-,35-,38+,39-,40-,41+,42+;;;;;;/m0....../s1. The van der Waals surface area contributed by atoms with E-state index in [4.69, 9.17) is 18.9 Å². The Morgan fingerprint density at radius 3 is 1.73 bits per heavy atom. The highest BCUT2D eigenvalue weighted by molar-refractivity contribution is 5.95. The van der Waals surface area contributed by atoms with Gasteiger partial charge in [-0.3, -0.25) is 9.59 Å². The topological polar surface area (TPSA) is 460 Å². The van der Waals surface area contributed by atoms with Gasteiger partial charge in [-0.05, 0) is 110 Å². The van der Waals surface area contributed by atoms with Gasteiger partial charge in [0.05, 0.1) is 11.5 Å². The Morgan fingerprint density at radius 1 is 0.656 bits per heavy atom. The molecule has 21 N–H and O–H groups in total. The third kappa shape index (κ3) is 8.55. The van der Waals surface area contributed by atoms with Gasteiger partial charge in [0.25, 0.3) is 0 Å². The van der Waals surface area contributed by atoms with Crippen LogP contribution in [0.2, 0.25) is 0 Å². The zero-order valence-corrected chi connectivity index (χ0v) is 37.6. The number of carbonyl (C=O) groups excluding carboxylic acids is 1. The number of carbonyl (C=O) groups is 4. The third-order valence-electron chi connectivity index (χ3n) is 17.2. The van der Waals surface area contributed by atoms with Gasteiger partial charge in [0, 0.05) is 5.92 Å². The van der Waals surface area contributed by atoms with Gasteiger partial charge in [-0.1, -0.05) is 47.1 Å². The van der Waals surface area contributed by atoms with Crippen molar-refractivity contribution in [2.45, 2.75) is 174 Å². The highest BCUT2D eigenvalue weighted by Crippen LogP contribution is 2.75. The molecule has 0 amide bonds. The van der Waals surface area contributed by atoms with E-state index < -0.39 is 107 Å². The zero-order valence-electron chi connectivity index (χ0n) is 37.6. The van der Waals surface area contributed by atoms with Crippen molar-refractivity contribution in [2.24, 2.45) is 50.2 Å². The summed E-state index contributed by atoms with van der Waals surface area (Å²) in [7, 11) is 0. The van der Waals surface area contributed by atoms with E-state index in [1.54, 1.807) is 0 Å². The maximum atomic E-state index is 14.8. The molecular formula is C42H75NO21. The van der Waals surface area contributed by atoms with Crippen LogP contribution in [0.5, 0.6) is 0 Å². The number of carboxylic acid groups (broad SMARTS) is 3.